The lowest BCUT2D eigenvalue weighted by molar-refractivity contribution is 0.0788. The fraction of sp³-hybridized carbons (Fsp3) is 0.357. The minimum atomic E-state index is -0.171. The highest BCUT2D eigenvalue weighted by molar-refractivity contribution is 5.94. The molecule has 0 saturated carbocycles. The highest BCUT2D eigenvalue weighted by Gasteiger charge is 2.13. The molecule has 20 heavy (non-hydrogen) atoms. The number of hydrogen-bond acceptors (Lipinski definition) is 4. The van der Waals surface area contributed by atoms with E-state index >= 15 is 0 Å². The maximum absolute atomic E-state index is 12.2. The first kappa shape index (κ1) is 14.0. The third-order valence-electron chi connectivity index (χ3n) is 3.07. The molecule has 0 aromatic carbocycles. The topological polar surface area (TPSA) is 71.2 Å². The van der Waals surface area contributed by atoms with Crippen molar-refractivity contribution >= 4 is 5.91 Å². The second-order valence-corrected chi connectivity index (χ2v) is 4.81. The Balaban J connectivity index is 2.00. The Morgan fingerprint density at radius 2 is 2.10 bits per heavy atom. The number of aromatic nitrogens is 3. The molecule has 0 fully saturated rings. The van der Waals surface area contributed by atoms with Crippen molar-refractivity contribution in [2.75, 3.05) is 13.6 Å². The molecule has 2 heterocycles. The summed E-state index contributed by atoms with van der Waals surface area (Å²) in [7, 11) is 1.72. The van der Waals surface area contributed by atoms with Crippen molar-refractivity contribution in [3.8, 4) is 5.75 Å². The molecular formula is C14H18N4O2. The quantitative estimate of drug-likeness (QED) is 0.914. The van der Waals surface area contributed by atoms with Gasteiger partial charge in [-0.3, -0.25) is 14.5 Å². The fourth-order valence-electron chi connectivity index (χ4n) is 2.01. The Bertz CT molecular complexity index is 621. The number of likely N-dealkylation sites (N-methyl/N-ethyl adjacent to an activating group) is 1. The molecular weight excluding hydrogens is 256 g/mol. The number of nitrogens with zero attached hydrogens (tertiary/aromatic N) is 4. The highest BCUT2D eigenvalue weighted by Crippen LogP contribution is 2.10. The van der Waals surface area contributed by atoms with Crippen LogP contribution in [0.15, 0.2) is 24.5 Å². The van der Waals surface area contributed by atoms with E-state index in [0.29, 0.717) is 18.7 Å². The zero-order valence-electron chi connectivity index (χ0n) is 11.9. The van der Waals surface area contributed by atoms with E-state index in [1.807, 2.05) is 24.6 Å². The van der Waals surface area contributed by atoms with Gasteiger partial charge in [0.05, 0.1) is 24.0 Å². The second-order valence-electron chi connectivity index (χ2n) is 4.81. The summed E-state index contributed by atoms with van der Waals surface area (Å²) in [6, 6.07) is 3.41. The lowest BCUT2D eigenvalue weighted by Crippen LogP contribution is -2.30. The smallest absolute Gasteiger partial charge is 0.255 e. The van der Waals surface area contributed by atoms with Crippen molar-refractivity contribution in [1.29, 1.82) is 0 Å². The van der Waals surface area contributed by atoms with E-state index in [0.717, 1.165) is 11.4 Å². The van der Waals surface area contributed by atoms with Crippen LogP contribution in [0.3, 0.4) is 0 Å². The molecule has 0 aliphatic carbocycles. The Hall–Kier alpha value is -2.37. The normalized spacial score (nSPS) is 10.6. The molecule has 0 spiro atoms. The predicted octanol–water partition coefficient (Wildman–Crippen LogP) is 1.37. The molecule has 0 atom stereocenters. The van der Waals surface area contributed by atoms with Crippen LogP contribution in [0.25, 0.3) is 0 Å². The number of aryl methyl sites for hydroxylation is 2. The van der Waals surface area contributed by atoms with Gasteiger partial charge >= 0.3 is 0 Å². The molecule has 0 bridgehead atoms. The van der Waals surface area contributed by atoms with Crippen molar-refractivity contribution in [1.82, 2.24) is 19.7 Å². The van der Waals surface area contributed by atoms with Crippen LogP contribution in [0.1, 0.15) is 21.7 Å². The van der Waals surface area contributed by atoms with Gasteiger partial charge in [0.15, 0.2) is 0 Å². The van der Waals surface area contributed by atoms with Gasteiger partial charge in [-0.05, 0) is 26.0 Å². The SMILES string of the molecule is Cc1cc(C)n(CCN(C)C(=O)c2cncc(O)c2)n1. The summed E-state index contributed by atoms with van der Waals surface area (Å²) in [4.78, 5) is 17.6. The molecule has 1 amide bonds. The third-order valence-corrected chi connectivity index (χ3v) is 3.07. The van der Waals surface area contributed by atoms with Gasteiger partial charge in [0, 0.05) is 25.5 Å². The van der Waals surface area contributed by atoms with Crippen LogP contribution in [0.5, 0.6) is 5.75 Å². The van der Waals surface area contributed by atoms with Gasteiger partial charge in [-0.2, -0.15) is 5.10 Å². The number of aromatic hydroxyl groups is 1. The highest BCUT2D eigenvalue weighted by atomic mass is 16.3. The van der Waals surface area contributed by atoms with Crippen LogP contribution in [0, 0.1) is 13.8 Å². The van der Waals surface area contributed by atoms with Gasteiger partial charge in [-0.25, -0.2) is 0 Å². The Kier molecular flexibility index (Phi) is 4.02. The molecule has 0 unspecified atom stereocenters. The van der Waals surface area contributed by atoms with E-state index in [4.69, 9.17) is 0 Å². The van der Waals surface area contributed by atoms with E-state index in [9.17, 15) is 9.90 Å². The molecule has 106 valence electrons. The maximum atomic E-state index is 12.2. The number of carbonyl (C=O) groups is 1. The molecule has 0 aliphatic heterocycles. The molecule has 0 saturated heterocycles. The van der Waals surface area contributed by atoms with Gasteiger partial charge in [0.25, 0.3) is 5.91 Å². The van der Waals surface area contributed by atoms with Gasteiger partial charge in [-0.1, -0.05) is 0 Å². The largest absolute Gasteiger partial charge is 0.506 e. The molecule has 2 aromatic heterocycles. The van der Waals surface area contributed by atoms with Gasteiger partial charge < -0.3 is 10.0 Å². The number of pyridine rings is 1. The van der Waals surface area contributed by atoms with Crippen LogP contribution in [0.2, 0.25) is 0 Å². The van der Waals surface area contributed by atoms with Gasteiger partial charge in [0.2, 0.25) is 0 Å². The minimum Gasteiger partial charge on any atom is -0.506 e. The third kappa shape index (κ3) is 3.14. The summed E-state index contributed by atoms with van der Waals surface area (Å²) in [6.45, 7) is 5.10. The van der Waals surface area contributed by atoms with E-state index in [1.165, 1.54) is 18.5 Å². The van der Waals surface area contributed by atoms with Gasteiger partial charge in [0.1, 0.15) is 5.75 Å². The van der Waals surface area contributed by atoms with Crippen molar-refractivity contribution in [2.24, 2.45) is 0 Å². The lowest BCUT2D eigenvalue weighted by Gasteiger charge is -2.17. The number of hydrogen-bond donors (Lipinski definition) is 1. The van der Waals surface area contributed by atoms with Crippen LogP contribution < -0.4 is 0 Å². The summed E-state index contributed by atoms with van der Waals surface area (Å²) in [5.74, 6) is -0.183. The summed E-state index contributed by atoms with van der Waals surface area (Å²) >= 11 is 0. The number of rotatable bonds is 4. The molecule has 2 rings (SSSR count). The van der Waals surface area contributed by atoms with Crippen LogP contribution in [-0.2, 0) is 6.54 Å². The summed E-state index contributed by atoms with van der Waals surface area (Å²) in [5.41, 5.74) is 2.41. The summed E-state index contributed by atoms with van der Waals surface area (Å²) in [5, 5.41) is 13.7. The standard InChI is InChI=1S/C14H18N4O2/c1-10-6-11(2)18(16-10)5-4-17(3)14(20)12-7-13(19)9-15-8-12/h6-9,19H,4-5H2,1-3H3. The fourth-order valence-corrected chi connectivity index (χ4v) is 2.01. The Morgan fingerprint density at radius 1 is 1.35 bits per heavy atom. The second kappa shape index (κ2) is 5.73. The zero-order valence-corrected chi connectivity index (χ0v) is 11.9. The molecule has 1 N–H and O–H groups in total. The van der Waals surface area contributed by atoms with E-state index < -0.39 is 0 Å². The summed E-state index contributed by atoms with van der Waals surface area (Å²) < 4.78 is 1.87. The van der Waals surface area contributed by atoms with E-state index in [-0.39, 0.29) is 11.7 Å². The van der Waals surface area contributed by atoms with E-state index in [2.05, 4.69) is 10.1 Å². The van der Waals surface area contributed by atoms with Crippen LogP contribution >= 0.6 is 0 Å². The zero-order chi connectivity index (χ0) is 14.7. The molecule has 6 nitrogen and oxygen atoms in total. The monoisotopic (exact) mass is 274 g/mol. The Morgan fingerprint density at radius 3 is 2.70 bits per heavy atom. The molecule has 6 heteroatoms. The maximum Gasteiger partial charge on any atom is 0.255 e. The lowest BCUT2D eigenvalue weighted by atomic mass is 10.2. The van der Waals surface area contributed by atoms with E-state index in [1.54, 1.807) is 11.9 Å². The number of amides is 1. The first-order chi connectivity index (χ1) is 9.47. The summed E-state index contributed by atoms with van der Waals surface area (Å²) in [6.07, 6.45) is 2.74. The average Bonchev–Trinajstić information content (AvgIpc) is 2.73. The minimum absolute atomic E-state index is 0.0113. The Labute approximate surface area is 117 Å². The predicted molar refractivity (Wildman–Crippen MR) is 74.6 cm³/mol. The molecule has 0 aliphatic rings. The number of carbonyl (C=O) groups excluding carboxylic acids is 1. The van der Waals surface area contributed by atoms with Crippen molar-refractivity contribution < 1.29 is 9.90 Å². The van der Waals surface area contributed by atoms with Crippen LogP contribution in [0.4, 0.5) is 0 Å². The average molecular weight is 274 g/mol. The molecule has 0 radical (unpaired) electrons. The van der Waals surface area contributed by atoms with Crippen molar-refractivity contribution in [3.05, 3.63) is 41.5 Å². The van der Waals surface area contributed by atoms with Crippen LogP contribution in [-0.4, -0.2) is 44.3 Å². The first-order valence-electron chi connectivity index (χ1n) is 6.38. The first-order valence-corrected chi connectivity index (χ1v) is 6.38. The van der Waals surface area contributed by atoms with Gasteiger partial charge in [-0.15, -0.1) is 0 Å². The molecule has 2 aromatic rings. The van der Waals surface area contributed by atoms with Crippen molar-refractivity contribution in [2.45, 2.75) is 20.4 Å². The van der Waals surface area contributed by atoms with Crippen molar-refractivity contribution in [3.63, 3.8) is 0 Å².